The molecule has 0 spiro atoms. The molecule has 4 N–H and O–H groups in total. The summed E-state index contributed by atoms with van der Waals surface area (Å²) in [6, 6.07) is 16.9. The van der Waals surface area contributed by atoms with Crippen molar-refractivity contribution >= 4 is 22.7 Å². The molecule has 194 valence electrons. The van der Waals surface area contributed by atoms with Crippen molar-refractivity contribution in [1.29, 1.82) is 5.26 Å². The fourth-order valence-corrected chi connectivity index (χ4v) is 4.23. The third-order valence-corrected chi connectivity index (χ3v) is 5.90. The average Bonchev–Trinajstić information content (AvgIpc) is 2.93. The third-order valence-electron chi connectivity index (χ3n) is 5.90. The molecule has 0 fully saturated rings. The Morgan fingerprint density at radius 1 is 1.13 bits per heavy atom. The molecule has 5 rings (SSSR count). The van der Waals surface area contributed by atoms with Crippen LogP contribution in [0.25, 0.3) is 27.7 Å². The fraction of sp³-hybridized carbons (Fsp3) is 0.111. The molecular formula is C27H21F2N8O2+. The van der Waals surface area contributed by atoms with Crippen LogP contribution in [-0.2, 0) is 0 Å². The maximum Gasteiger partial charge on any atom is 0.389 e. The Labute approximate surface area is 220 Å². The van der Waals surface area contributed by atoms with Gasteiger partial charge >= 0.3 is 12.6 Å². The quantitative estimate of drug-likeness (QED) is 0.324. The van der Waals surface area contributed by atoms with Crippen LogP contribution >= 0.6 is 0 Å². The third kappa shape index (κ3) is 5.05. The van der Waals surface area contributed by atoms with Crippen molar-refractivity contribution in [1.82, 2.24) is 19.5 Å². The van der Waals surface area contributed by atoms with Gasteiger partial charge in [-0.15, -0.1) is 0 Å². The number of anilines is 2. The first kappa shape index (κ1) is 25.2. The Kier molecular flexibility index (Phi) is 6.79. The second-order valence-corrected chi connectivity index (χ2v) is 8.46. The van der Waals surface area contributed by atoms with Crippen LogP contribution in [0.1, 0.15) is 24.4 Å². The van der Waals surface area contributed by atoms with Gasteiger partial charge in [-0.3, -0.25) is 20.1 Å². The van der Waals surface area contributed by atoms with Crippen molar-refractivity contribution in [2.75, 3.05) is 11.1 Å². The number of para-hydroxylation sites is 1. The van der Waals surface area contributed by atoms with Gasteiger partial charge in [0.2, 0.25) is 5.82 Å². The lowest BCUT2D eigenvalue weighted by Gasteiger charge is -2.20. The summed E-state index contributed by atoms with van der Waals surface area (Å²) in [7, 11) is 0. The lowest BCUT2D eigenvalue weighted by molar-refractivity contribution is -0.364. The normalized spacial score (nSPS) is 11.8. The molecule has 0 aliphatic heterocycles. The highest BCUT2D eigenvalue weighted by molar-refractivity contribution is 5.94. The van der Waals surface area contributed by atoms with E-state index in [0.29, 0.717) is 28.2 Å². The van der Waals surface area contributed by atoms with Crippen LogP contribution in [0.2, 0.25) is 0 Å². The maximum atomic E-state index is 14.2. The van der Waals surface area contributed by atoms with Gasteiger partial charge in [-0.1, -0.05) is 35.3 Å². The van der Waals surface area contributed by atoms with E-state index in [1.54, 1.807) is 49.4 Å². The van der Waals surface area contributed by atoms with Crippen LogP contribution in [0.4, 0.5) is 20.5 Å². The summed E-state index contributed by atoms with van der Waals surface area (Å²) in [6.07, 6.45) is 4.06. The van der Waals surface area contributed by atoms with Crippen molar-refractivity contribution in [3.8, 4) is 28.6 Å². The Balaban J connectivity index is 1.72. The number of aromatic amines is 1. The van der Waals surface area contributed by atoms with Gasteiger partial charge in [0.1, 0.15) is 23.2 Å². The molecule has 2 aromatic carbocycles. The standard InChI is InChI=1S/C27H20F2N8O2/c1-15(34-23-17(11-30)13-33-27(31)36-23)24-35-21-9-5-8-20(16-10-19(14-32-12-16)39-26(28)29)22(21)25(38)37(24)18-6-3-2-4-7-18/h2-10,12-15,26H,1H3,(H3,31,33,34,36)/p+1. The van der Waals surface area contributed by atoms with E-state index in [9.17, 15) is 18.8 Å². The molecule has 39 heavy (non-hydrogen) atoms. The van der Waals surface area contributed by atoms with Crippen LogP contribution in [-0.4, -0.2) is 26.1 Å². The summed E-state index contributed by atoms with van der Waals surface area (Å²) in [6.45, 7) is -1.24. The van der Waals surface area contributed by atoms with Gasteiger partial charge < -0.3 is 10.1 Å². The van der Waals surface area contributed by atoms with E-state index in [2.05, 4.69) is 25.0 Å². The molecular weight excluding hydrogens is 506 g/mol. The number of hydrogen-bond donors (Lipinski definition) is 2. The highest BCUT2D eigenvalue weighted by Crippen LogP contribution is 2.30. The van der Waals surface area contributed by atoms with Gasteiger partial charge in [-0.2, -0.15) is 14.0 Å². The Hall–Kier alpha value is -5.44. The highest BCUT2D eigenvalue weighted by Gasteiger charge is 2.23. The molecule has 0 aliphatic rings. The van der Waals surface area contributed by atoms with Gasteiger partial charge in [-0.05, 0) is 36.8 Å². The van der Waals surface area contributed by atoms with Crippen molar-refractivity contribution in [3.63, 3.8) is 0 Å². The molecule has 0 aliphatic carbocycles. The monoisotopic (exact) mass is 527 g/mol. The summed E-state index contributed by atoms with van der Waals surface area (Å²) in [5, 5.41) is 12.9. The molecule has 3 heterocycles. The number of rotatable bonds is 7. The molecule has 0 bridgehead atoms. The number of ether oxygens (including phenoxy) is 1. The SMILES string of the molecule is CC(Nc1nc(N)[nH+]cc1C#N)c1nc2cccc(-c3cncc(OC(F)F)c3)c2c(=O)n1-c1ccccc1. The molecule has 5 aromatic rings. The zero-order chi connectivity index (χ0) is 27.5. The number of fused-ring (bicyclic) bond motifs is 1. The molecule has 0 radical (unpaired) electrons. The summed E-state index contributed by atoms with van der Waals surface area (Å²) < 4.78 is 31.6. The maximum absolute atomic E-state index is 14.2. The van der Waals surface area contributed by atoms with E-state index < -0.39 is 12.7 Å². The van der Waals surface area contributed by atoms with E-state index in [1.807, 2.05) is 12.1 Å². The van der Waals surface area contributed by atoms with Crippen LogP contribution in [0, 0.1) is 11.3 Å². The van der Waals surface area contributed by atoms with Gasteiger partial charge in [-0.25, -0.2) is 9.97 Å². The fourth-order valence-electron chi connectivity index (χ4n) is 4.23. The number of nitrogens with one attached hydrogen (secondary N) is 2. The Morgan fingerprint density at radius 2 is 1.92 bits per heavy atom. The minimum absolute atomic E-state index is 0.104. The highest BCUT2D eigenvalue weighted by atomic mass is 19.3. The lowest BCUT2D eigenvalue weighted by Crippen LogP contribution is -2.28. The Morgan fingerprint density at radius 3 is 2.67 bits per heavy atom. The summed E-state index contributed by atoms with van der Waals surface area (Å²) in [4.78, 5) is 29.9. The van der Waals surface area contributed by atoms with Crippen LogP contribution in [0.15, 0.2) is 78.0 Å². The summed E-state index contributed by atoms with van der Waals surface area (Å²) >= 11 is 0. The minimum Gasteiger partial charge on any atom is -0.433 e. The number of aromatic nitrogens is 5. The first-order chi connectivity index (χ1) is 18.9. The predicted octanol–water partition coefficient (Wildman–Crippen LogP) is 3.89. The number of pyridine rings is 1. The van der Waals surface area contributed by atoms with Crippen molar-refractivity contribution in [2.24, 2.45) is 0 Å². The van der Waals surface area contributed by atoms with Gasteiger partial charge in [0.15, 0.2) is 0 Å². The van der Waals surface area contributed by atoms with Crippen molar-refractivity contribution < 1.29 is 18.5 Å². The van der Waals surface area contributed by atoms with Crippen molar-refractivity contribution in [3.05, 3.63) is 94.9 Å². The zero-order valence-electron chi connectivity index (χ0n) is 20.5. The zero-order valence-corrected chi connectivity index (χ0v) is 20.5. The number of nitrogens with zero attached hydrogens (tertiary/aromatic N) is 5. The molecule has 3 aromatic heterocycles. The molecule has 12 heteroatoms. The van der Waals surface area contributed by atoms with E-state index >= 15 is 0 Å². The summed E-state index contributed by atoms with van der Waals surface area (Å²) in [5.41, 5.74) is 7.42. The van der Waals surface area contributed by atoms with E-state index in [0.717, 1.165) is 0 Å². The minimum atomic E-state index is -3.02. The van der Waals surface area contributed by atoms with E-state index in [4.69, 9.17) is 10.7 Å². The smallest absolute Gasteiger partial charge is 0.389 e. The molecule has 0 saturated carbocycles. The molecule has 1 unspecified atom stereocenters. The number of nitrogen functional groups attached to an aromatic ring is 1. The number of benzene rings is 2. The Bertz CT molecular complexity index is 1770. The van der Waals surface area contributed by atoms with Crippen LogP contribution in [0.3, 0.4) is 0 Å². The van der Waals surface area contributed by atoms with Gasteiger partial charge in [0.05, 0.1) is 35.0 Å². The largest absolute Gasteiger partial charge is 0.433 e. The summed E-state index contributed by atoms with van der Waals surface area (Å²) in [5.74, 6) is 0.545. The number of nitrogens with two attached hydrogens (primary N) is 1. The lowest BCUT2D eigenvalue weighted by atomic mass is 10.0. The number of halogens is 2. The topological polar surface area (TPSA) is 146 Å². The number of H-pyrrole nitrogens is 1. The molecule has 1 atom stereocenters. The molecule has 0 saturated heterocycles. The number of hydrogen-bond acceptors (Lipinski definition) is 8. The van der Waals surface area contributed by atoms with Crippen LogP contribution in [0.5, 0.6) is 5.75 Å². The van der Waals surface area contributed by atoms with E-state index in [1.165, 1.54) is 29.2 Å². The van der Waals surface area contributed by atoms with Gasteiger partial charge in [0, 0.05) is 11.8 Å². The number of alkyl halides is 2. The van der Waals surface area contributed by atoms with Crippen LogP contribution < -0.4 is 26.3 Å². The van der Waals surface area contributed by atoms with Gasteiger partial charge in [0.25, 0.3) is 5.56 Å². The first-order valence-corrected chi connectivity index (χ1v) is 11.7. The first-order valence-electron chi connectivity index (χ1n) is 11.7. The average molecular weight is 528 g/mol. The molecule has 10 nitrogen and oxygen atoms in total. The number of nitriles is 1. The van der Waals surface area contributed by atoms with Crippen molar-refractivity contribution in [2.45, 2.75) is 19.6 Å². The van der Waals surface area contributed by atoms with E-state index in [-0.39, 0.29) is 34.0 Å². The second kappa shape index (κ2) is 10.5. The molecule has 0 amide bonds. The second-order valence-electron chi connectivity index (χ2n) is 8.46. The predicted molar refractivity (Wildman–Crippen MR) is 139 cm³/mol.